The van der Waals surface area contributed by atoms with Gasteiger partial charge in [-0.3, -0.25) is 37.8 Å². The van der Waals surface area contributed by atoms with Crippen LogP contribution in [0.1, 0.15) is 452 Å². The number of amides is 2. The number of unbranched alkanes of at least 4 members (excludes halogenated alkanes) is 48. The van der Waals surface area contributed by atoms with Gasteiger partial charge in [0.1, 0.15) is 48.7 Å². The molecule has 0 aromatic carbocycles. The predicted octanol–water partition coefficient (Wildman–Crippen LogP) is 19.8. The highest BCUT2D eigenvalue weighted by Crippen LogP contribution is 2.44. The monoisotopic (exact) mass is 1770 g/mol. The van der Waals surface area contributed by atoms with Crippen molar-refractivity contribution in [2.75, 3.05) is 13.2 Å². The van der Waals surface area contributed by atoms with Gasteiger partial charge in [0.15, 0.2) is 24.8 Å². The molecule has 0 bridgehead atoms. The summed E-state index contributed by atoms with van der Waals surface area (Å²) in [7, 11) is -11.4. The second-order valence-corrected chi connectivity index (χ2v) is 37.2. The molecule has 0 aromatic rings. The lowest BCUT2D eigenvalue weighted by Gasteiger charge is -2.47. The van der Waals surface area contributed by atoms with Gasteiger partial charge in [0.25, 0.3) is 0 Å². The van der Waals surface area contributed by atoms with Crippen LogP contribution in [-0.4, -0.2) is 175 Å². The van der Waals surface area contributed by atoms with Crippen LogP contribution in [0.3, 0.4) is 0 Å². The number of carbonyl (C=O) groups is 6. The maximum absolute atomic E-state index is 14.8. The van der Waals surface area contributed by atoms with E-state index in [9.17, 15) is 77.9 Å². The second kappa shape index (κ2) is 73.6. The maximum atomic E-state index is 14.8. The molecule has 0 aromatic heterocycles. The van der Waals surface area contributed by atoms with Gasteiger partial charge in [0.05, 0.1) is 51.1 Å². The number of aliphatic hydroxyl groups excluding tert-OH is 4. The average Bonchev–Trinajstić information content (AvgIpc) is 0.774. The highest BCUT2D eigenvalue weighted by atomic mass is 31.2. The number of carbonyl (C=O) groups excluding carboxylic acids is 6. The lowest BCUT2D eigenvalue weighted by atomic mass is 9.95. The van der Waals surface area contributed by atoms with Crippen molar-refractivity contribution in [1.82, 2.24) is 10.6 Å². The Kier molecular flexibility index (Phi) is 69.3. The summed E-state index contributed by atoms with van der Waals surface area (Å²) in [4.78, 5) is 128. The molecule has 0 spiro atoms. The van der Waals surface area contributed by atoms with Crippen LogP contribution < -0.4 is 10.6 Å². The summed E-state index contributed by atoms with van der Waals surface area (Å²) in [6.45, 7) is 10.9. The second-order valence-electron chi connectivity index (χ2n) is 34.8. The smallest absolute Gasteiger partial charge is 0.462 e. The quantitative estimate of drug-likeness (QED) is 0.0117. The SMILES string of the molecule is CCCCCCCCCCCC(=O)OC(CCCCCCCCCCC)CC(=O)NC1C(OP(=O)(O)O)OC(COC2OC(CO)C(OP(=O)(O)O)C(OC(=O)CC(CCCCCCCCCCC)OC(=O)CCCCCCCCCCC)C2NC(=O)CC(O)CCCCCCCCCCC)C(O)C1OC(=O)CC(O)CCCCCCCCCCC. The molecule has 27 nitrogen and oxygen atoms in total. The summed E-state index contributed by atoms with van der Waals surface area (Å²) < 4.78 is 79.8. The third kappa shape index (κ3) is 60.2. The van der Waals surface area contributed by atoms with E-state index >= 15 is 0 Å². The predicted molar refractivity (Wildman–Crippen MR) is 471 cm³/mol. The molecule has 2 aliphatic heterocycles. The topological polar surface area (TPSA) is 406 Å². The van der Waals surface area contributed by atoms with E-state index < -0.39 is 176 Å². The normalized spacial score (nSPS) is 20.5. The minimum atomic E-state index is -5.71. The molecule has 29 heteroatoms. The fourth-order valence-electron chi connectivity index (χ4n) is 16.2. The Morgan fingerprint density at radius 1 is 0.339 bits per heavy atom. The number of esters is 4. The molecule has 2 rings (SSSR count). The van der Waals surface area contributed by atoms with Crippen LogP contribution in [-0.2, 0) is 80.1 Å². The van der Waals surface area contributed by atoms with E-state index in [1.165, 1.54) is 44.9 Å². The number of hydrogen-bond donors (Lipinski definition) is 10. The van der Waals surface area contributed by atoms with Gasteiger partial charge >= 0.3 is 39.5 Å². The number of ether oxygens (including phenoxy) is 7. The van der Waals surface area contributed by atoms with E-state index in [2.05, 4.69) is 52.2 Å². The molecular weight excluding hydrogens is 1590 g/mol. The number of aliphatic hydroxyl groups is 4. The minimum absolute atomic E-state index is 0.0816. The third-order valence-electron chi connectivity index (χ3n) is 23.4. The summed E-state index contributed by atoms with van der Waals surface area (Å²) in [5.41, 5.74) is 0. The fourth-order valence-corrected chi connectivity index (χ4v) is 17.3. The molecular formula is C92H174N2O25P2. The number of rotatable bonds is 82. The van der Waals surface area contributed by atoms with Crippen molar-refractivity contribution in [2.24, 2.45) is 0 Å². The van der Waals surface area contributed by atoms with Crippen molar-refractivity contribution in [1.29, 1.82) is 0 Å². The zero-order chi connectivity index (χ0) is 89.0. The van der Waals surface area contributed by atoms with Gasteiger partial charge in [-0.25, -0.2) is 9.13 Å². The zero-order valence-corrected chi connectivity index (χ0v) is 78.0. The standard InChI is InChI=1S/C92H174N2O25P2/c1-7-13-19-25-31-37-43-49-55-61-73(96)67-79(98)93-86-90(117-84(103)70-76(64-58-52-46-40-34-28-22-16-10-4)113-82(101)66-60-54-48-42-36-30-24-18-12-6)88(118-120(105,106)107)77(71-95)114-91(86)111-72-78-87(104)89(116-83(102)68-74(97)62-56-50-44-38-32-26-20-14-8-2)85(92(115-78)119-121(108,109)110)94-80(99)69-75(63-57-51-45-39-33-27-21-15-9-3)112-81(100)65-59-53-47-41-35-29-23-17-11-5/h73-78,85-92,95-97,104H,7-72H2,1-6H3,(H,93,98)(H,94,99)(H2,105,106,107)(H2,108,109,110). The zero-order valence-electron chi connectivity index (χ0n) is 76.2. The van der Waals surface area contributed by atoms with Crippen molar-refractivity contribution in [3.05, 3.63) is 0 Å². The molecule has 712 valence electrons. The first-order chi connectivity index (χ1) is 58.3. The first-order valence-corrected chi connectivity index (χ1v) is 51.8. The number of phosphoric ester groups is 2. The Hall–Kier alpha value is -3.24. The van der Waals surface area contributed by atoms with Crippen molar-refractivity contribution in [3.63, 3.8) is 0 Å². The average molecular weight is 1770 g/mol. The Morgan fingerprint density at radius 2 is 0.636 bits per heavy atom. The molecule has 0 aliphatic carbocycles. The molecule has 14 unspecified atom stereocenters. The number of hydrogen-bond acceptors (Lipinski definition) is 21. The van der Waals surface area contributed by atoms with Crippen LogP contribution in [0, 0.1) is 0 Å². The molecule has 10 N–H and O–H groups in total. The van der Waals surface area contributed by atoms with Crippen molar-refractivity contribution in [3.8, 4) is 0 Å². The van der Waals surface area contributed by atoms with Crippen LogP contribution >= 0.6 is 15.6 Å². The van der Waals surface area contributed by atoms with Crippen LogP contribution in [0.4, 0.5) is 0 Å². The molecule has 0 radical (unpaired) electrons. The fraction of sp³-hybridized carbons (Fsp3) is 0.935. The van der Waals surface area contributed by atoms with Crippen LogP contribution in [0.25, 0.3) is 0 Å². The summed E-state index contributed by atoms with van der Waals surface area (Å²) >= 11 is 0. The summed E-state index contributed by atoms with van der Waals surface area (Å²) in [5, 5.41) is 51.8. The van der Waals surface area contributed by atoms with Crippen molar-refractivity contribution in [2.45, 2.75) is 538 Å². The van der Waals surface area contributed by atoms with Gasteiger partial charge in [-0.2, -0.15) is 0 Å². The van der Waals surface area contributed by atoms with E-state index in [-0.39, 0.29) is 38.5 Å². The molecule has 121 heavy (non-hydrogen) atoms. The summed E-state index contributed by atoms with van der Waals surface area (Å²) in [6, 6.07) is -3.86. The van der Waals surface area contributed by atoms with Crippen molar-refractivity contribution < 1.29 is 120 Å². The van der Waals surface area contributed by atoms with Gasteiger partial charge in [-0.15, -0.1) is 0 Å². The minimum Gasteiger partial charge on any atom is -0.462 e. The Labute approximate surface area is 729 Å². The molecule has 0 saturated carbocycles. The Bertz CT molecular complexity index is 2680. The summed E-state index contributed by atoms with van der Waals surface area (Å²) in [6.07, 6.45) is 31.6. The van der Waals surface area contributed by atoms with E-state index in [1.807, 2.05) is 0 Å². The van der Waals surface area contributed by atoms with Gasteiger partial charge in [0.2, 0.25) is 11.8 Å². The largest absolute Gasteiger partial charge is 0.472 e. The number of phosphoric acid groups is 2. The highest BCUT2D eigenvalue weighted by Gasteiger charge is 2.55. The molecule has 14 atom stereocenters. The van der Waals surface area contributed by atoms with E-state index in [0.717, 1.165) is 263 Å². The van der Waals surface area contributed by atoms with E-state index in [4.69, 9.17) is 42.2 Å². The van der Waals surface area contributed by atoms with Crippen molar-refractivity contribution >= 4 is 51.3 Å². The maximum Gasteiger partial charge on any atom is 0.472 e. The van der Waals surface area contributed by atoms with Crippen LogP contribution in [0.15, 0.2) is 0 Å². The first kappa shape index (κ1) is 114. The Morgan fingerprint density at radius 3 is 1.00 bits per heavy atom. The van der Waals surface area contributed by atoms with Gasteiger partial charge < -0.3 is 83.8 Å². The molecule has 2 saturated heterocycles. The first-order valence-electron chi connectivity index (χ1n) is 48.7. The van der Waals surface area contributed by atoms with E-state index in [0.29, 0.717) is 38.5 Å². The molecule has 2 aliphatic rings. The Balaban J connectivity index is 2.79. The molecule has 2 fully saturated rings. The number of nitrogens with one attached hydrogen (secondary N) is 2. The molecule has 2 amide bonds. The highest BCUT2D eigenvalue weighted by molar-refractivity contribution is 7.46. The third-order valence-corrected chi connectivity index (χ3v) is 24.4. The van der Waals surface area contributed by atoms with Gasteiger partial charge in [-0.1, -0.05) is 363 Å². The van der Waals surface area contributed by atoms with E-state index in [1.54, 1.807) is 0 Å². The lowest BCUT2D eigenvalue weighted by Crippen LogP contribution is -2.68. The molecule has 2 heterocycles. The van der Waals surface area contributed by atoms with Crippen LogP contribution in [0.5, 0.6) is 0 Å². The summed E-state index contributed by atoms with van der Waals surface area (Å²) in [5.74, 6) is -5.03. The lowest BCUT2D eigenvalue weighted by molar-refractivity contribution is -0.297. The van der Waals surface area contributed by atoms with Gasteiger partial charge in [-0.05, 0) is 51.4 Å². The van der Waals surface area contributed by atoms with Gasteiger partial charge in [0, 0.05) is 12.8 Å². The van der Waals surface area contributed by atoms with Crippen LogP contribution in [0.2, 0.25) is 0 Å².